The van der Waals surface area contributed by atoms with Gasteiger partial charge >= 0.3 is 15.5 Å². The molecule has 0 unspecified atom stereocenters. The van der Waals surface area contributed by atoms with E-state index in [4.69, 9.17) is 9.47 Å². The molecule has 7 nitrogen and oxygen atoms in total. The predicted octanol–water partition coefficient (Wildman–Crippen LogP) is 5.58. The van der Waals surface area contributed by atoms with Crippen molar-refractivity contribution in [2.45, 2.75) is 66.8 Å². The number of hydrogen-bond acceptors (Lipinski definition) is 6. The van der Waals surface area contributed by atoms with Gasteiger partial charge in [0.25, 0.3) is 0 Å². The molecule has 1 aromatic rings. The number of nitrogens with one attached hydrogen (secondary N) is 1. The lowest BCUT2D eigenvalue weighted by Crippen LogP contribution is -2.30. The van der Waals surface area contributed by atoms with Crippen LogP contribution in [-0.2, 0) is 10.0 Å². The molecule has 1 aliphatic rings. The van der Waals surface area contributed by atoms with Gasteiger partial charge < -0.3 is 9.47 Å². The summed E-state index contributed by atoms with van der Waals surface area (Å²) in [6.07, 6.45) is 2.08. The number of alkyl halides is 3. The van der Waals surface area contributed by atoms with Crippen molar-refractivity contribution in [3.8, 4) is 11.5 Å². The summed E-state index contributed by atoms with van der Waals surface area (Å²) < 4.78 is 73.2. The Balaban J connectivity index is 0.00000165. The van der Waals surface area contributed by atoms with E-state index in [1.165, 1.54) is 12.5 Å². The van der Waals surface area contributed by atoms with Gasteiger partial charge in [-0.2, -0.15) is 26.7 Å². The van der Waals surface area contributed by atoms with Crippen molar-refractivity contribution in [3.63, 3.8) is 0 Å². The molecule has 180 valence electrons. The van der Waals surface area contributed by atoms with Crippen LogP contribution in [0.5, 0.6) is 11.5 Å². The van der Waals surface area contributed by atoms with Crippen LogP contribution in [0.3, 0.4) is 0 Å². The third kappa shape index (κ3) is 8.47. The highest BCUT2D eigenvalue weighted by molar-refractivity contribution is 7.93. The Morgan fingerprint density at radius 1 is 1.13 bits per heavy atom. The van der Waals surface area contributed by atoms with Crippen molar-refractivity contribution in [2.75, 3.05) is 24.6 Å². The van der Waals surface area contributed by atoms with Gasteiger partial charge in [-0.25, -0.2) is 0 Å². The molecule has 0 saturated heterocycles. The smallest absolute Gasteiger partial charge is 0.454 e. The minimum absolute atomic E-state index is 0.0998. The van der Waals surface area contributed by atoms with Crippen molar-refractivity contribution in [2.24, 2.45) is 5.10 Å². The number of ether oxygens (including phenoxy) is 2. The molecule has 2 rings (SSSR count). The van der Waals surface area contributed by atoms with Gasteiger partial charge in [0.15, 0.2) is 11.5 Å². The van der Waals surface area contributed by atoms with Gasteiger partial charge in [-0.3, -0.25) is 9.73 Å². The number of anilines is 1. The average Bonchev–Trinajstić information content (AvgIpc) is 3.15. The second-order valence-corrected chi connectivity index (χ2v) is 7.92. The molecule has 0 fully saturated rings. The van der Waals surface area contributed by atoms with Crippen molar-refractivity contribution < 1.29 is 31.1 Å². The van der Waals surface area contributed by atoms with Crippen LogP contribution in [-0.4, -0.2) is 44.5 Å². The first-order valence-electron chi connectivity index (χ1n) is 10.3. The van der Waals surface area contributed by atoms with Crippen molar-refractivity contribution in [1.29, 1.82) is 0 Å². The fraction of sp³-hybridized carbons (Fsp3) is 0.650. The van der Waals surface area contributed by atoms with Crippen LogP contribution in [0.2, 0.25) is 0 Å². The van der Waals surface area contributed by atoms with Gasteiger partial charge in [-0.05, 0) is 26.3 Å². The molecular weight excluding hydrogens is 435 g/mol. The number of rotatable bonds is 7. The van der Waals surface area contributed by atoms with Gasteiger partial charge in [-0.1, -0.05) is 41.0 Å². The monoisotopic (exact) mass is 469 g/mol. The van der Waals surface area contributed by atoms with Crippen LogP contribution in [0, 0.1) is 0 Å². The molecule has 31 heavy (non-hydrogen) atoms. The fourth-order valence-electron chi connectivity index (χ4n) is 2.33. The molecule has 1 heterocycles. The Morgan fingerprint density at radius 3 is 2.10 bits per heavy atom. The second-order valence-electron chi connectivity index (χ2n) is 6.24. The minimum atomic E-state index is -5.58. The molecule has 0 spiro atoms. The van der Waals surface area contributed by atoms with E-state index in [9.17, 15) is 21.6 Å². The maximum Gasteiger partial charge on any atom is 0.516 e. The Kier molecular flexibility index (Phi) is 12.4. The van der Waals surface area contributed by atoms with Gasteiger partial charge in [0, 0.05) is 24.7 Å². The Labute approximate surface area is 183 Å². The highest BCUT2D eigenvalue weighted by Crippen LogP contribution is 2.38. The van der Waals surface area contributed by atoms with Gasteiger partial charge in [0.05, 0.1) is 11.4 Å². The summed E-state index contributed by atoms with van der Waals surface area (Å²) >= 11 is 0. The summed E-state index contributed by atoms with van der Waals surface area (Å²) in [6, 6.07) is 2.57. The van der Waals surface area contributed by atoms with Gasteiger partial charge in [0.2, 0.25) is 6.79 Å². The molecule has 1 aliphatic heterocycles. The minimum Gasteiger partial charge on any atom is -0.454 e. The molecule has 11 heteroatoms. The molecule has 0 aliphatic carbocycles. The molecule has 0 amide bonds. The maximum atomic E-state index is 12.7. The summed E-state index contributed by atoms with van der Waals surface area (Å²) in [4.78, 5) is 0. The number of halogens is 3. The molecule has 1 aromatic carbocycles. The standard InChI is InChI=1S/C15H20F3N3O4S.C3H8.C2H6/c1-4-6-21(5-2)19-10(3)11-7-13-14(25-9-24-13)8-12(11)20-26(22,23)15(16,17)18;1-3-2;1-2/h7-8,20H,4-6,9H2,1-3H3;3H2,1-2H3;1-2H3/b19-10+;;. The number of benzene rings is 1. The highest BCUT2D eigenvalue weighted by atomic mass is 32.2. The number of sulfonamides is 1. The first-order chi connectivity index (χ1) is 14.5. The summed E-state index contributed by atoms with van der Waals surface area (Å²) in [7, 11) is -5.58. The molecule has 0 radical (unpaired) electrons. The third-order valence-corrected chi connectivity index (χ3v) is 4.69. The van der Waals surface area contributed by atoms with E-state index in [0.29, 0.717) is 24.6 Å². The Bertz CT molecular complexity index is 813. The van der Waals surface area contributed by atoms with E-state index >= 15 is 0 Å². The molecule has 0 atom stereocenters. The number of hydrogen-bond donors (Lipinski definition) is 1. The fourth-order valence-corrected chi connectivity index (χ4v) is 2.91. The van der Waals surface area contributed by atoms with E-state index in [1.807, 2.05) is 27.7 Å². The quantitative estimate of drug-likeness (QED) is 0.417. The molecule has 1 N–H and O–H groups in total. The molecule has 0 bridgehead atoms. The Morgan fingerprint density at radius 2 is 1.65 bits per heavy atom. The molecule has 0 aromatic heterocycles. The lowest BCUT2D eigenvalue weighted by Gasteiger charge is -2.19. The lowest BCUT2D eigenvalue weighted by molar-refractivity contribution is -0.0429. The molecule has 0 saturated carbocycles. The summed E-state index contributed by atoms with van der Waals surface area (Å²) in [6.45, 7) is 14.8. The summed E-state index contributed by atoms with van der Waals surface area (Å²) in [5.41, 5.74) is -5.20. The summed E-state index contributed by atoms with van der Waals surface area (Å²) in [5.74, 6) is 0.463. The van der Waals surface area contributed by atoms with Crippen molar-refractivity contribution in [3.05, 3.63) is 17.7 Å². The van der Waals surface area contributed by atoms with Crippen molar-refractivity contribution in [1.82, 2.24) is 5.01 Å². The zero-order chi connectivity index (χ0) is 24.2. The van der Waals surface area contributed by atoms with Crippen LogP contribution >= 0.6 is 0 Å². The van der Waals surface area contributed by atoms with Crippen LogP contribution in [0.15, 0.2) is 17.2 Å². The van der Waals surface area contributed by atoms with E-state index in [1.54, 1.807) is 16.7 Å². The number of nitrogens with zero attached hydrogens (tertiary/aromatic N) is 2. The largest absolute Gasteiger partial charge is 0.516 e. The topological polar surface area (TPSA) is 80.2 Å². The third-order valence-electron chi connectivity index (χ3n) is 3.59. The van der Waals surface area contributed by atoms with Crippen LogP contribution in [0.4, 0.5) is 18.9 Å². The predicted molar refractivity (Wildman–Crippen MR) is 118 cm³/mol. The number of fused-ring (bicyclic) bond motifs is 1. The summed E-state index contributed by atoms with van der Waals surface area (Å²) in [5, 5.41) is 6.11. The van der Waals surface area contributed by atoms with Crippen LogP contribution in [0.25, 0.3) is 0 Å². The second kappa shape index (κ2) is 13.3. The van der Waals surface area contributed by atoms with E-state index < -0.39 is 15.5 Å². The first kappa shape index (κ1) is 28.8. The van der Waals surface area contributed by atoms with Gasteiger partial charge in [0.1, 0.15) is 0 Å². The Hall–Kier alpha value is -2.17. The van der Waals surface area contributed by atoms with Crippen molar-refractivity contribution >= 4 is 21.4 Å². The van der Waals surface area contributed by atoms with Crippen LogP contribution in [0.1, 0.15) is 66.9 Å². The first-order valence-corrected chi connectivity index (χ1v) is 11.8. The maximum absolute atomic E-state index is 12.7. The van der Waals surface area contributed by atoms with E-state index in [2.05, 4.69) is 18.9 Å². The average molecular weight is 470 g/mol. The normalized spacial score (nSPS) is 12.9. The highest BCUT2D eigenvalue weighted by Gasteiger charge is 2.46. The SMILES string of the molecule is CC.CCC.CCCN(CC)/N=C(\C)c1cc2c(cc1NS(=O)(=O)C(F)(F)F)OCO2. The number of hydrazone groups is 1. The molecular formula is C20H34F3N3O4S. The van der Waals surface area contributed by atoms with E-state index in [-0.39, 0.29) is 23.8 Å². The zero-order valence-corrected chi connectivity index (χ0v) is 20.1. The van der Waals surface area contributed by atoms with Crippen LogP contribution < -0.4 is 14.2 Å². The zero-order valence-electron chi connectivity index (χ0n) is 19.3. The lowest BCUT2D eigenvalue weighted by atomic mass is 10.1. The van der Waals surface area contributed by atoms with Gasteiger partial charge in [-0.15, -0.1) is 0 Å². The van der Waals surface area contributed by atoms with E-state index in [0.717, 1.165) is 12.5 Å².